The van der Waals surface area contributed by atoms with Crippen molar-refractivity contribution in [1.82, 2.24) is 14.7 Å². The standard InChI is InChI=1S/C25H32N4O/c1-19-10-8-9-13-25(19)29-21(3)24(20(2)26-29)18-27(4)16-23-17-28(14-15-30-23)22-11-6-5-7-12-22/h5-13,23H,14-18H2,1-4H3. The predicted octanol–water partition coefficient (Wildman–Crippen LogP) is 4.13. The van der Waals surface area contributed by atoms with E-state index in [9.17, 15) is 0 Å². The Kier molecular flexibility index (Phi) is 6.21. The first-order valence-corrected chi connectivity index (χ1v) is 10.7. The summed E-state index contributed by atoms with van der Waals surface area (Å²) in [6, 6.07) is 19.0. The van der Waals surface area contributed by atoms with Crippen molar-refractivity contribution in [2.75, 3.05) is 38.2 Å². The van der Waals surface area contributed by atoms with E-state index in [2.05, 4.69) is 96.9 Å². The van der Waals surface area contributed by atoms with Gasteiger partial charge in [0, 0.05) is 43.1 Å². The second kappa shape index (κ2) is 9.02. The van der Waals surface area contributed by atoms with Crippen LogP contribution in [0, 0.1) is 20.8 Å². The molecule has 158 valence electrons. The molecular weight excluding hydrogens is 372 g/mol. The summed E-state index contributed by atoms with van der Waals surface area (Å²) in [4.78, 5) is 4.78. The summed E-state index contributed by atoms with van der Waals surface area (Å²) in [5.74, 6) is 0. The third-order valence-corrected chi connectivity index (χ3v) is 5.99. The van der Waals surface area contributed by atoms with Crippen molar-refractivity contribution in [3.8, 4) is 5.69 Å². The summed E-state index contributed by atoms with van der Waals surface area (Å²) < 4.78 is 8.17. The van der Waals surface area contributed by atoms with Crippen molar-refractivity contribution in [3.63, 3.8) is 0 Å². The molecule has 1 unspecified atom stereocenters. The van der Waals surface area contributed by atoms with Gasteiger partial charge in [-0.25, -0.2) is 4.68 Å². The van der Waals surface area contributed by atoms with Gasteiger partial charge in [-0.3, -0.25) is 4.90 Å². The predicted molar refractivity (Wildman–Crippen MR) is 123 cm³/mol. The van der Waals surface area contributed by atoms with Crippen molar-refractivity contribution in [1.29, 1.82) is 0 Å². The fraction of sp³-hybridized carbons (Fsp3) is 0.400. The topological polar surface area (TPSA) is 33.5 Å². The zero-order valence-corrected chi connectivity index (χ0v) is 18.5. The Bertz CT molecular complexity index is 982. The normalized spacial score (nSPS) is 17.0. The maximum Gasteiger partial charge on any atom is 0.0877 e. The second-order valence-electron chi connectivity index (χ2n) is 8.32. The highest BCUT2D eigenvalue weighted by molar-refractivity contribution is 5.46. The maximum absolute atomic E-state index is 6.08. The van der Waals surface area contributed by atoms with Gasteiger partial charge in [-0.1, -0.05) is 36.4 Å². The molecule has 0 N–H and O–H groups in total. The minimum absolute atomic E-state index is 0.205. The smallest absolute Gasteiger partial charge is 0.0877 e. The largest absolute Gasteiger partial charge is 0.373 e. The number of morpholine rings is 1. The van der Waals surface area contributed by atoms with E-state index in [4.69, 9.17) is 9.84 Å². The Hall–Kier alpha value is -2.63. The van der Waals surface area contributed by atoms with Gasteiger partial charge in [0.05, 0.1) is 24.1 Å². The van der Waals surface area contributed by atoms with Crippen LogP contribution in [0.4, 0.5) is 5.69 Å². The summed E-state index contributed by atoms with van der Waals surface area (Å²) in [5, 5.41) is 4.84. The zero-order chi connectivity index (χ0) is 21.1. The van der Waals surface area contributed by atoms with E-state index >= 15 is 0 Å². The maximum atomic E-state index is 6.08. The van der Waals surface area contributed by atoms with Crippen LogP contribution >= 0.6 is 0 Å². The lowest BCUT2D eigenvalue weighted by atomic mass is 10.1. The van der Waals surface area contributed by atoms with Gasteiger partial charge in [-0.2, -0.15) is 5.10 Å². The minimum Gasteiger partial charge on any atom is -0.373 e. The monoisotopic (exact) mass is 404 g/mol. The summed E-state index contributed by atoms with van der Waals surface area (Å²) in [7, 11) is 2.18. The molecule has 1 saturated heterocycles. The zero-order valence-electron chi connectivity index (χ0n) is 18.5. The van der Waals surface area contributed by atoms with Crippen LogP contribution in [0.1, 0.15) is 22.5 Å². The molecule has 0 radical (unpaired) electrons. The third-order valence-electron chi connectivity index (χ3n) is 5.99. The van der Waals surface area contributed by atoms with E-state index in [0.717, 1.165) is 44.2 Å². The van der Waals surface area contributed by atoms with Gasteiger partial charge in [-0.15, -0.1) is 0 Å². The number of hydrogen-bond donors (Lipinski definition) is 0. The van der Waals surface area contributed by atoms with Crippen molar-refractivity contribution in [2.45, 2.75) is 33.4 Å². The van der Waals surface area contributed by atoms with E-state index in [-0.39, 0.29) is 6.10 Å². The van der Waals surface area contributed by atoms with E-state index in [1.165, 1.54) is 22.5 Å². The van der Waals surface area contributed by atoms with Crippen molar-refractivity contribution in [3.05, 3.63) is 77.1 Å². The molecule has 1 aromatic heterocycles. The molecule has 0 bridgehead atoms. The Labute approximate surface area is 179 Å². The Morgan fingerprint density at radius 3 is 2.53 bits per heavy atom. The van der Waals surface area contributed by atoms with Crippen molar-refractivity contribution < 1.29 is 4.74 Å². The van der Waals surface area contributed by atoms with E-state index in [1.54, 1.807) is 0 Å². The SMILES string of the molecule is Cc1ccccc1-n1nc(C)c(CN(C)CC2CN(c3ccccc3)CCO2)c1C. The van der Waals surface area contributed by atoms with Crippen molar-refractivity contribution >= 4 is 5.69 Å². The Balaban J connectivity index is 1.43. The number of aryl methyl sites for hydroxylation is 2. The molecule has 0 spiro atoms. The lowest BCUT2D eigenvalue weighted by Gasteiger charge is -2.36. The number of para-hydroxylation sites is 2. The van der Waals surface area contributed by atoms with E-state index in [0.29, 0.717) is 0 Å². The Morgan fingerprint density at radius 1 is 1.03 bits per heavy atom. The molecule has 3 aromatic rings. The quantitative estimate of drug-likeness (QED) is 0.618. The first-order valence-electron chi connectivity index (χ1n) is 10.7. The van der Waals surface area contributed by atoms with Crippen LogP contribution in [0.15, 0.2) is 54.6 Å². The summed E-state index contributed by atoms with van der Waals surface area (Å²) in [6.07, 6.45) is 0.205. The molecule has 4 rings (SSSR count). The van der Waals surface area contributed by atoms with Crippen LogP contribution < -0.4 is 4.90 Å². The number of hydrogen-bond acceptors (Lipinski definition) is 4. The average Bonchev–Trinajstić information content (AvgIpc) is 3.03. The van der Waals surface area contributed by atoms with Gasteiger partial charge in [0.2, 0.25) is 0 Å². The number of aromatic nitrogens is 2. The molecule has 1 fully saturated rings. The molecule has 0 amide bonds. The molecule has 1 aliphatic heterocycles. The van der Waals surface area contributed by atoms with Gasteiger partial charge in [0.1, 0.15) is 0 Å². The number of likely N-dealkylation sites (N-methyl/N-ethyl adjacent to an activating group) is 1. The summed E-state index contributed by atoms with van der Waals surface area (Å²) in [6.45, 7) is 10.8. The fourth-order valence-electron chi connectivity index (χ4n) is 4.32. The van der Waals surface area contributed by atoms with E-state index in [1.807, 2.05) is 0 Å². The lowest BCUT2D eigenvalue weighted by molar-refractivity contribution is 0.0192. The highest BCUT2D eigenvalue weighted by atomic mass is 16.5. The van der Waals surface area contributed by atoms with Crippen LogP contribution in [0.25, 0.3) is 5.69 Å². The second-order valence-corrected chi connectivity index (χ2v) is 8.32. The molecule has 0 aliphatic carbocycles. The lowest BCUT2D eigenvalue weighted by Crippen LogP contribution is -2.47. The average molecular weight is 405 g/mol. The van der Waals surface area contributed by atoms with Gasteiger partial charge >= 0.3 is 0 Å². The molecule has 5 heteroatoms. The highest BCUT2D eigenvalue weighted by Crippen LogP contribution is 2.22. The molecule has 2 heterocycles. The number of ether oxygens (including phenoxy) is 1. The van der Waals surface area contributed by atoms with E-state index < -0.39 is 0 Å². The number of nitrogens with zero attached hydrogens (tertiary/aromatic N) is 4. The van der Waals surface area contributed by atoms with Crippen LogP contribution in [-0.2, 0) is 11.3 Å². The number of anilines is 1. The van der Waals surface area contributed by atoms with Crippen LogP contribution in [0.2, 0.25) is 0 Å². The van der Waals surface area contributed by atoms with Gasteiger partial charge in [0.15, 0.2) is 0 Å². The van der Waals surface area contributed by atoms with Crippen LogP contribution in [-0.4, -0.2) is 54.1 Å². The minimum atomic E-state index is 0.205. The van der Waals surface area contributed by atoms with Crippen LogP contribution in [0.3, 0.4) is 0 Å². The first kappa shape index (κ1) is 20.6. The molecule has 1 aliphatic rings. The summed E-state index contributed by atoms with van der Waals surface area (Å²) in [5.41, 5.74) is 7.28. The summed E-state index contributed by atoms with van der Waals surface area (Å²) >= 11 is 0. The molecule has 30 heavy (non-hydrogen) atoms. The Morgan fingerprint density at radius 2 is 1.77 bits per heavy atom. The van der Waals surface area contributed by atoms with Crippen molar-refractivity contribution in [2.24, 2.45) is 0 Å². The number of benzene rings is 2. The van der Waals surface area contributed by atoms with Crippen LogP contribution in [0.5, 0.6) is 0 Å². The fourth-order valence-corrected chi connectivity index (χ4v) is 4.32. The van der Waals surface area contributed by atoms with Gasteiger partial charge in [0.25, 0.3) is 0 Å². The molecule has 2 aromatic carbocycles. The first-order chi connectivity index (χ1) is 14.5. The number of rotatable bonds is 6. The molecule has 0 saturated carbocycles. The molecule has 1 atom stereocenters. The van der Waals surface area contributed by atoms with Gasteiger partial charge < -0.3 is 9.64 Å². The third kappa shape index (κ3) is 4.42. The van der Waals surface area contributed by atoms with Gasteiger partial charge in [-0.05, 0) is 51.6 Å². The molecular formula is C25H32N4O. The molecule has 5 nitrogen and oxygen atoms in total. The highest BCUT2D eigenvalue weighted by Gasteiger charge is 2.23.